The van der Waals surface area contributed by atoms with E-state index in [1.807, 2.05) is 6.07 Å². The number of methoxy groups -OCH3 is 1. The number of benzene rings is 3. The average Bonchev–Trinajstić information content (AvgIpc) is 2.78. The minimum Gasteiger partial charge on any atom is -0.497 e. The first-order valence-corrected chi connectivity index (χ1v) is 10.9. The van der Waals surface area contributed by atoms with Crippen molar-refractivity contribution in [1.29, 1.82) is 5.26 Å². The second-order valence-electron chi connectivity index (χ2n) is 6.37. The lowest BCUT2D eigenvalue weighted by atomic mass is 10.2. The molecule has 0 atom stereocenters. The van der Waals surface area contributed by atoms with E-state index >= 15 is 0 Å². The van der Waals surface area contributed by atoms with Gasteiger partial charge in [-0.25, -0.2) is 8.42 Å². The zero-order valence-corrected chi connectivity index (χ0v) is 18.0. The molecule has 3 aromatic carbocycles. The lowest BCUT2D eigenvalue weighted by Crippen LogP contribution is -2.38. The van der Waals surface area contributed by atoms with Gasteiger partial charge >= 0.3 is 0 Å². The van der Waals surface area contributed by atoms with Crippen LogP contribution in [-0.4, -0.2) is 28.0 Å². The first kappa shape index (κ1) is 22.2. The van der Waals surface area contributed by atoms with Crippen molar-refractivity contribution in [3.05, 3.63) is 83.4 Å². The summed E-state index contributed by atoms with van der Waals surface area (Å²) in [5.41, 5.74) is 0.848. The third-order valence-corrected chi connectivity index (χ3v) is 6.41. The molecule has 0 spiro atoms. The molecular weight excluding hydrogens is 438 g/mol. The standard InChI is InChI=1S/C22H18ClN3O4S/c1-30-19-10-8-18(9-11-19)26(31(28,29)20-12-6-17(23)7-13-20)15-22(27)25-21-5-3-2-4-16(21)14-24/h2-13H,15H2,1H3,(H,25,27). The fourth-order valence-corrected chi connectivity index (χ4v) is 4.35. The third-order valence-electron chi connectivity index (χ3n) is 4.37. The second-order valence-corrected chi connectivity index (χ2v) is 8.67. The number of sulfonamides is 1. The SMILES string of the molecule is COc1ccc(N(CC(=O)Nc2ccccc2C#N)S(=O)(=O)c2ccc(Cl)cc2)cc1. The zero-order chi connectivity index (χ0) is 22.4. The maximum absolute atomic E-state index is 13.3. The van der Waals surface area contributed by atoms with Crippen LogP contribution >= 0.6 is 11.6 Å². The van der Waals surface area contributed by atoms with Gasteiger partial charge in [-0.1, -0.05) is 23.7 Å². The largest absolute Gasteiger partial charge is 0.497 e. The number of nitrogens with one attached hydrogen (secondary N) is 1. The Kier molecular flexibility index (Phi) is 6.80. The topological polar surface area (TPSA) is 99.5 Å². The summed E-state index contributed by atoms with van der Waals surface area (Å²) in [6.07, 6.45) is 0. The predicted octanol–water partition coefficient (Wildman–Crippen LogP) is 4.05. The van der Waals surface area contributed by atoms with E-state index in [9.17, 15) is 18.5 Å². The van der Waals surface area contributed by atoms with E-state index in [1.54, 1.807) is 48.5 Å². The van der Waals surface area contributed by atoms with Gasteiger partial charge in [-0.05, 0) is 60.7 Å². The number of nitrogens with zero attached hydrogens (tertiary/aromatic N) is 2. The van der Waals surface area contributed by atoms with Gasteiger partial charge in [-0.15, -0.1) is 0 Å². The molecule has 0 saturated heterocycles. The Morgan fingerprint density at radius 1 is 1.06 bits per heavy atom. The summed E-state index contributed by atoms with van der Waals surface area (Å²) in [6, 6.07) is 20.4. The molecule has 0 aliphatic rings. The Hall–Kier alpha value is -3.54. The minimum atomic E-state index is -4.09. The average molecular weight is 456 g/mol. The molecule has 0 fully saturated rings. The van der Waals surface area contributed by atoms with Crippen LogP contribution in [0.2, 0.25) is 5.02 Å². The Bertz CT molecular complexity index is 1220. The number of hydrogen-bond donors (Lipinski definition) is 1. The fourth-order valence-electron chi connectivity index (χ4n) is 2.81. The highest BCUT2D eigenvalue weighted by Gasteiger charge is 2.27. The van der Waals surface area contributed by atoms with E-state index in [1.165, 1.54) is 31.4 Å². The highest BCUT2D eigenvalue weighted by atomic mass is 35.5. The molecule has 0 radical (unpaired) electrons. The van der Waals surface area contributed by atoms with Crippen LogP contribution in [0.15, 0.2) is 77.7 Å². The van der Waals surface area contributed by atoms with Crippen molar-refractivity contribution >= 4 is 38.9 Å². The van der Waals surface area contributed by atoms with Crippen LogP contribution in [0.4, 0.5) is 11.4 Å². The Morgan fingerprint density at radius 3 is 2.32 bits per heavy atom. The molecule has 0 aromatic heterocycles. The van der Waals surface area contributed by atoms with Crippen molar-refractivity contribution < 1.29 is 17.9 Å². The van der Waals surface area contributed by atoms with E-state index in [2.05, 4.69) is 5.32 Å². The maximum atomic E-state index is 13.3. The smallest absolute Gasteiger partial charge is 0.264 e. The summed E-state index contributed by atoms with van der Waals surface area (Å²) >= 11 is 5.88. The van der Waals surface area contributed by atoms with E-state index in [4.69, 9.17) is 16.3 Å². The molecule has 1 N–H and O–H groups in total. The number of hydrogen-bond acceptors (Lipinski definition) is 5. The van der Waals surface area contributed by atoms with Crippen molar-refractivity contribution in [2.45, 2.75) is 4.90 Å². The van der Waals surface area contributed by atoms with Gasteiger partial charge in [0.15, 0.2) is 0 Å². The van der Waals surface area contributed by atoms with E-state index in [-0.39, 0.29) is 16.1 Å². The predicted molar refractivity (Wildman–Crippen MR) is 119 cm³/mol. The number of carbonyl (C=O) groups excluding carboxylic acids is 1. The van der Waals surface area contributed by atoms with Crippen molar-refractivity contribution in [2.24, 2.45) is 0 Å². The van der Waals surface area contributed by atoms with Gasteiger partial charge in [0.1, 0.15) is 18.4 Å². The first-order valence-electron chi connectivity index (χ1n) is 9.06. The number of carbonyl (C=O) groups is 1. The highest BCUT2D eigenvalue weighted by molar-refractivity contribution is 7.92. The fraction of sp³-hybridized carbons (Fsp3) is 0.0909. The van der Waals surface area contributed by atoms with Gasteiger partial charge in [-0.2, -0.15) is 5.26 Å². The van der Waals surface area contributed by atoms with Gasteiger partial charge in [0.05, 0.1) is 28.9 Å². The maximum Gasteiger partial charge on any atom is 0.264 e. The molecule has 31 heavy (non-hydrogen) atoms. The van der Waals surface area contributed by atoms with Gasteiger partial charge in [0, 0.05) is 5.02 Å². The molecular formula is C22H18ClN3O4S. The summed E-state index contributed by atoms with van der Waals surface area (Å²) in [5.74, 6) is -0.0592. The molecule has 1 amide bonds. The van der Waals surface area contributed by atoms with Gasteiger partial charge in [0.25, 0.3) is 10.0 Å². The quantitative estimate of drug-likeness (QED) is 0.579. The molecule has 0 unspecified atom stereocenters. The molecule has 3 aromatic rings. The number of nitriles is 1. The van der Waals surface area contributed by atoms with Crippen molar-refractivity contribution in [3.8, 4) is 11.8 Å². The van der Waals surface area contributed by atoms with Crippen LogP contribution in [0, 0.1) is 11.3 Å². The lowest BCUT2D eigenvalue weighted by Gasteiger charge is -2.24. The van der Waals surface area contributed by atoms with Gasteiger partial charge < -0.3 is 10.1 Å². The molecule has 0 aliphatic heterocycles. The summed E-state index contributed by atoms with van der Waals surface area (Å²) in [6.45, 7) is -0.503. The normalized spacial score (nSPS) is 10.7. The van der Waals surface area contributed by atoms with Crippen molar-refractivity contribution in [3.63, 3.8) is 0 Å². The molecule has 7 nitrogen and oxygen atoms in total. The van der Waals surface area contributed by atoms with Crippen LogP contribution < -0.4 is 14.4 Å². The summed E-state index contributed by atoms with van der Waals surface area (Å²) in [7, 11) is -2.59. The van der Waals surface area contributed by atoms with Crippen LogP contribution in [0.3, 0.4) is 0 Å². The number of ether oxygens (including phenoxy) is 1. The van der Waals surface area contributed by atoms with Gasteiger partial charge in [-0.3, -0.25) is 9.10 Å². The van der Waals surface area contributed by atoms with Crippen molar-refractivity contribution in [2.75, 3.05) is 23.3 Å². The van der Waals surface area contributed by atoms with E-state index in [0.29, 0.717) is 16.5 Å². The molecule has 0 aliphatic carbocycles. The van der Waals surface area contributed by atoms with Crippen LogP contribution in [-0.2, 0) is 14.8 Å². The third kappa shape index (κ3) is 5.15. The monoisotopic (exact) mass is 455 g/mol. The molecule has 0 heterocycles. The molecule has 158 valence electrons. The number of amides is 1. The summed E-state index contributed by atoms with van der Waals surface area (Å²) in [5, 5.41) is 12.2. The Balaban J connectivity index is 1.96. The lowest BCUT2D eigenvalue weighted by molar-refractivity contribution is -0.114. The van der Waals surface area contributed by atoms with Gasteiger partial charge in [0.2, 0.25) is 5.91 Å². The minimum absolute atomic E-state index is 0.0158. The van der Waals surface area contributed by atoms with Crippen LogP contribution in [0.25, 0.3) is 0 Å². The first-order chi connectivity index (χ1) is 14.8. The zero-order valence-electron chi connectivity index (χ0n) is 16.4. The van der Waals surface area contributed by atoms with E-state index in [0.717, 1.165) is 4.31 Å². The molecule has 0 bridgehead atoms. The summed E-state index contributed by atoms with van der Waals surface area (Å²) in [4.78, 5) is 12.7. The summed E-state index contributed by atoms with van der Waals surface area (Å²) < 4.78 is 32.8. The number of anilines is 2. The number of halogens is 1. The Labute approximate surface area is 185 Å². The molecule has 3 rings (SSSR count). The highest BCUT2D eigenvalue weighted by Crippen LogP contribution is 2.27. The molecule has 0 saturated carbocycles. The van der Waals surface area contributed by atoms with Crippen LogP contribution in [0.5, 0.6) is 5.75 Å². The van der Waals surface area contributed by atoms with Crippen LogP contribution in [0.1, 0.15) is 5.56 Å². The number of rotatable bonds is 7. The number of para-hydroxylation sites is 1. The van der Waals surface area contributed by atoms with Crippen molar-refractivity contribution in [1.82, 2.24) is 0 Å². The molecule has 9 heteroatoms. The Morgan fingerprint density at radius 2 is 1.71 bits per heavy atom. The van der Waals surface area contributed by atoms with E-state index < -0.39 is 22.5 Å². The second kappa shape index (κ2) is 9.51.